The van der Waals surface area contributed by atoms with Gasteiger partial charge in [-0.05, 0) is 0 Å². The summed E-state index contributed by atoms with van der Waals surface area (Å²) in [5.41, 5.74) is 0. The molecule has 0 saturated carbocycles. The van der Waals surface area contributed by atoms with E-state index in [1.807, 2.05) is 0 Å². The van der Waals surface area contributed by atoms with Gasteiger partial charge in [-0.25, -0.2) is 0 Å². The zero-order valence-corrected chi connectivity index (χ0v) is 6.15. The second-order valence-electron chi connectivity index (χ2n) is 1.64. The zero-order chi connectivity index (χ0) is 5.82. The Morgan fingerprint density at radius 2 is 2.00 bits per heavy atom. The first-order valence-electron chi connectivity index (χ1n) is 2.86. The Morgan fingerprint density at radius 1 is 1.38 bits per heavy atom. The minimum absolute atomic E-state index is 0.781. The van der Waals surface area contributed by atoms with Crippen molar-refractivity contribution in [3.63, 3.8) is 0 Å². The monoisotopic (exact) mass is 149 g/mol. The fraction of sp³-hybridized carbons (Fsp3) is 0.429. The van der Waals surface area contributed by atoms with Crippen molar-refractivity contribution >= 4 is 0 Å². The Kier molecular flexibility index (Phi) is 2.38. The summed E-state index contributed by atoms with van der Waals surface area (Å²) in [5, 5.41) is 1.32. The quantitative estimate of drug-likeness (QED) is 0.529. The molecule has 1 heteroatoms. The molecule has 45 valence electrons. The molecule has 0 saturated heterocycles. The zero-order valence-electron chi connectivity index (χ0n) is 4.97. The van der Waals surface area contributed by atoms with Gasteiger partial charge in [0.15, 0.2) is 0 Å². The second-order valence-corrected chi connectivity index (χ2v) is 3.74. The number of rotatable bonds is 2. The molecule has 0 N–H and O–H groups in total. The summed E-state index contributed by atoms with van der Waals surface area (Å²) >= 11 is 1.07. The molecule has 0 aromatic heterocycles. The molecule has 1 rings (SSSR count). The average Bonchev–Trinajstić information content (AvgIpc) is 2.19. The van der Waals surface area contributed by atoms with Gasteiger partial charge in [0.05, 0.1) is 0 Å². The van der Waals surface area contributed by atoms with E-state index in [1.165, 1.54) is 5.32 Å². The third-order valence-corrected chi connectivity index (χ3v) is 2.53. The summed E-state index contributed by atoms with van der Waals surface area (Å²) in [6.07, 6.45) is 8.80. The van der Waals surface area contributed by atoms with Crippen LogP contribution in [0.25, 0.3) is 0 Å². The van der Waals surface area contributed by atoms with Crippen LogP contribution in [0.5, 0.6) is 0 Å². The maximum absolute atomic E-state index is 2.27. The molecular weight excluding hydrogens is 139 g/mol. The predicted octanol–water partition coefficient (Wildman–Crippen LogP) is 2.42. The molecule has 0 aromatic rings. The molecule has 1 aliphatic rings. The fourth-order valence-corrected chi connectivity index (χ4v) is 1.83. The van der Waals surface area contributed by atoms with Gasteiger partial charge in [0.25, 0.3) is 0 Å². The van der Waals surface area contributed by atoms with E-state index in [-0.39, 0.29) is 0 Å². The second kappa shape index (κ2) is 3.11. The van der Waals surface area contributed by atoms with Crippen LogP contribution in [0.1, 0.15) is 6.92 Å². The van der Waals surface area contributed by atoms with Gasteiger partial charge in [0.2, 0.25) is 0 Å². The van der Waals surface area contributed by atoms with Crippen molar-refractivity contribution in [2.45, 2.75) is 17.1 Å². The molecule has 0 nitrogen and oxygen atoms in total. The number of hydrogen-bond acceptors (Lipinski definition) is 0. The van der Waals surface area contributed by atoms with Crippen LogP contribution in [0, 0.1) is 0 Å². The van der Waals surface area contributed by atoms with Gasteiger partial charge in [0.1, 0.15) is 0 Å². The van der Waals surface area contributed by atoms with Crippen LogP contribution in [-0.4, -0.2) is 0 Å². The topological polar surface area (TPSA) is 0 Å². The van der Waals surface area contributed by atoms with Gasteiger partial charge in [-0.15, -0.1) is 0 Å². The summed E-state index contributed by atoms with van der Waals surface area (Å²) in [5.74, 6) is 0. The summed E-state index contributed by atoms with van der Waals surface area (Å²) in [6.45, 7) is 2.24. The first-order valence-corrected chi connectivity index (χ1v) is 4.38. The third-order valence-electron chi connectivity index (χ3n) is 1.03. The summed E-state index contributed by atoms with van der Waals surface area (Å²) in [7, 11) is 0. The van der Waals surface area contributed by atoms with E-state index >= 15 is 0 Å². The van der Waals surface area contributed by atoms with E-state index in [0.29, 0.717) is 0 Å². The molecule has 0 bridgehead atoms. The van der Waals surface area contributed by atoms with Gasteiger partial charge in [-0.2, -0.15) is 0 Å². The van der Waals surface area contributed by atoms with Crippen molar-refractivity contribution in [2.24, 2.45) is 0 Å². The van der Waals surface area contributed by atoms with Crippen LogP contribution < -0.4 is 0 Å². The molecule has 0 aromatic carbocycles. The first kappa shape index (κ1) is 6.12. The van der Waals surface area contributed by atoms with E-state index in [4.69, 9.17) is 0 Å². The Labute approximate surface area is 56.8 Å². The molecule has 0 heterocycles. The van der Waals surface area contributed by atoms with Crippen molar-refractivity contribution in [1.82, 2.24) is 0 Å². The Bertz CT molecular complexity index is 102. The Hall–Kier alpha value is -0.000519. The van der Waals surface area contributed by atoms with Crippen molar-refractivity contribution in [3.8, 4) is 0 Å². The Morgan fingerprint density at radius 3 is 2.50 bits per heavy atom. The Balaban J connectivity index is 2.27. The summed E-state index contributed by atoms with van der Waals surface area (Å²) < 4.78 is 0. The molecule has 1 aliphatic carbocycles. The molecular formula is C7H10Mn. The first-order chi connectivity index (χ1) is 3.93. The van der Waals surface area contributed by atoms with Crippen molar-refractivity contribution in [2.75, 3.05) is 0 Å². The predicted molar refractivity (Wildman–Crippen MR) is 32.5 cm³/mol. The van der Waals surface area contributed by atoms with Crippen LogP contribution in [0.4, 0.5) is 0 Å². The van der Waals surface area contributed by atoms with Crippen LogP contribution in [0.3, 0.4) is 0 Å². The van der Waals surface area contributed by atoms with Crippen molar-refractivity contribution in [1.29, 1.82) is 0 Å². The fourth-order valence-electron chi connectivity index (χ4n) is 0.686. The maximum atomic E-state index is 2.27. The van der Waals surface area contributed by atoms with Gasteiger partial charge in [-0.3, -0.25) is 0 Å². The van der Waals surface area contributed by atoms with Crippen LogP contribution in [0.15, 0.2) is 24.3 Å². The third kappa shape index (κ3) is 1.50. The normalized spacial score (nSPS) is 18.1. The standard InChI is InChI=1S/C5H5.C2H5.Mn/c1-2-4-5-3-1;1-2;/h1-5H;1H2,2H3;. The molecule has 0 spiro atoms. The van der Waals surface area contributed by atoms with E-state index in [1.54, 1.807) is 0 Å². The molecule has 0 atom stereocenters. The van der Waals surface area contributed by atoms with E-state index in [2.05, 4.69) is 31.2 Å². The molecule has 0 unspecified atom stereocenters. The minimum atomic E-state index is 0.781. The molecule has 0 aliphatic heterocycles. The van der Waals surface area contributed by atoms with Gasteiger partial charge < -0.3 is 0 Å². The average molecular weight is 149 g/mol. The van der Waals surface area contributed by atoms with Gasteiger partial charge in [-0.1, -0.05) is 0 Å². The molecule has 0 fully saturated rings. The number of allylic oxidation sites excluding steroid dienone is 4. The van der Waals surface area contributed by atoms with Crippen molar-refractivity contribution < 1.29 is 15.0 Å². The van der Waals surface area contributed by atoms with E-state index in [9.17, 15) is 0 Å². The van der Waals surface area contributed by atoms with E-state index in [0.717, 1.165) is 19.8 Å². The van der Waals surface area contributed by atoms with Crippen LogP contribution in [0.2, 0.25) is 10.1 Å². The SMILES string of the molecule is C[CH2][Mn][CH]1C=CC=C1. The van der Waals surface area contributed by atoms with Crippen LogP contribution in [-0.2, 0) is 15.0 Å². The van der Waals surface area contributed by atoms with Crippen molar-refractivity contribution in [3.05, 3.63) is 24.3 Å². The number of hydrogen-bond donors (Lipinski definition) is 0. The van der Waals surface area contributed by atoms with E-state index < -0.39 is 0 Å². The molecule has 0 radical (unpaired) electrons. The summed E-state index contributed by atoms with van der Waals surface area (Å²) in [4.78, 5) is 0.781. The van der Waals surface area contributed by atoms with Gasteiger partial charge in [0, 0.05) is 0 Å². The van der Waals surface area contributed by atoms with Crippen LogP contribution >= 0.6 is 0 Å². The molecule has 0 amide bonds. The molecule has 8 heavy (non-hydrogen) atoms. The van der Waals surface area contributed by atoms with Gasteiger partial charge >= 0.3 is 56.3 Å². The summed E-state index contributed by atoms with van der Waals surface area (Å²) in [6, 6.07) is 0.